The maximum absolute atomic E-state index is 12.8. The number of nitrogen functional groups attached to an aromatic ring is 1. The highest BCUT2D eigenvalue weighted by Gasteiger charge is 2.30. The van der Waals surface area contributed by atoms with Crippen molar-refractivity contribution in [2.24, 2.45) is 0 Å². The number of halogens is 3. The fourth-order valence-corrected chi connectivity index (χ4v) is 2.54. The van der Waals surface area contributed by atoms with Crippen LogP contribution in [-0.4, -0.2) is 12.1 Å². The highest BCUT2D eigenvalue weighted by Crippen LogP contribution is 2.31. The number of alkyl halides is 3. The summed E-state index contributed by atoms with van der Waals surface area (Å²) in [6.45, 7) is 0. The Morgan fingerprint density at radius 1 is 1.08 bits per heavy atom. The Labute approximate surface area is 142 Å². The summed E-state index contributed by atoms with van der Waals surface area (Å²) in [5.74, 6) is 0.590. The quantitative estimate of drug-likeness (QED) is 0.679. The summed E-state index contributed by atoms with van der Waals surface area (Å²) in [6, 6.07) is 10.4. The number of nitrogens with two attached hydrogens (primary N) is 1. The van der Waals surface area contributed by atoms with Gasteiger partial charge < -0.3 is 10.5 Å². The van der Waals surface area contributed by atoms with Crippen molar-refractivity contribution in [1.82, 2.24) is 4.98 Å². The molecule has 0 aliphatic carbocycles. The van der Waals surface area contributed by atoms with Crippen LogP contribution >= 0.6 is 0 Å². The van der Waals surface area contributed by atoms with Crippen molar-refractivity contribution >= 4 is 28.7 Å². The second-order valence-electron chi connectivity index (χ2n) is 5.47. The van der Waals surface area contributed by atoms with E-state index in [0.29, 0.717) is 22.5 Å². The molecular weight excluding hydrogens is 329 g/mol. The monoisotopic (exact) mass is 344 g/mol. The zero-order valence-corrected chi connectivity index (χ0v) is 13.3. The van der Waals surface area contributed by atoms with Crippen molar-refractivity contribution in [2.75, 3.05) is 12.8 Å². The number of rotatable bonds is 3. The maximum atomic E-state index is 12.8. The number of aromatic nitrogens is 1. The lowest BCUT2D eigenvalue weighted by molar-refractivity contribution is -0.137. The van der Waals surface area contributed by atoms with Crippen LogP contribution in [-0.2, 0) is 6.18 Å². The third-order valence-electron chi connectivity index (χ3n) is 3.79. The molecule has 0 aliphatic rings. The summed E-state index contributed by atoms with van der Waals surface area (Å²) >= 11 is 0. The van der Waals surface area contributed by atoms with Crippen LogP contribution in [0.1, 0.15) is 16.7 Å². The van der Waals surface area contributed by atoms with Gasteiger partial charge in [-0.2, -0.15) is 13.2 Å². The van der Waals surface area contributed by atoms with Gasteiger partial charge in [-0.05, 0) is 35.4 Å². The molecule has 0 aliphatic heterocycles. The molecule has 2 N–H and O–H groups in total. The highest BCUT2D eigenvalue weighted by atomic mass is 19.4. The van der Waals surface area contributed by atoms with Gasteiger partial charge in [-0.1, -0.05) is 24.3 Å². The largest absolute Gasteiger partial charge is 0.497 e. The fourth-order valence-electron chi connectivity index (χ4n) is 2.54. The third-order valence-corrected chi connectivity index (χ3v) is 3.79. The molecule has 1 aromatic heterocycles. The molecule has 1 heterocycles. The molecule has 0 saturated carbocycles. The van der Waals surface area contributed by atoms with Crippen LogP contribution in [0.25, 0.3) is 23.1 Å². The number of hydrogen-bond donors (Lipinski definition) is 1. The summed E-state index contributed by atoms with van der Waals surface area (Å²) in [5, 5.41) is 0.766. The number of pyridine rings is 1. The zero-order chi connectivity index (χ0) is 18.0. The van der Waals surface area contributed by atoms with Crippen molar-refractivity contribution in [3.63, 3.8) is 0 Å². The van der Waals surface area contributed by atoms with E-state index >= 15 is 0 Å². The lowest BCUT2D eigenvalue weighted by atomic mass is 10.0. The Hall–Kier alpha value is -3.02. The Balaban J connectivity index is 2.03. The van der Waals surface area contributed by atoms with Crippen LogP contribution < -0.4 is 10.5 Å². The Morgan fingerprint density at radius 3 is 2.60 bits per heavy atom. The van der Waals surface area contributed by atoms with Gasteiger partial charge in [-0.15, -0.1) is 0 Å². The molecule has 0 radical (unpaired) electrons. The average molecular weight is 344 g/mol. The molecule has 0 saturated heterocycles. The van der Waals surface area contributed by atoms with Gasteiger partial charge in [0.2, 0.25) is 0 Å². The molecule has 0 fully saturated rings. The topological polar surface area (TPSA) is 48.1 Å². The molecule has 3 nitrogen and oxygen atoms in total. The first-order valence-corrected chi connectivity index (χ1v) is 7.46. The van der Waals surface area contributed by atoms with Crippen molar-refractivity contribution in [2.45, 2.75) is 6.18 Å². The predicted molar refractivity (Wildman–Crippen MR) is 93.1 cm³/mol. The molecule has 128 valence electrons. The van der Waals surface area contributed by atoms with E-state index in [1.165, 1.54) is 13.2 Å². The third kappa shape index (κ3) is 3.57. The van der Waals surface area contributed by atoms with Crippen molar-refractivity contribution in [3.8, 4) is 5.75 Å². The second-order valence-corrected chi connectivity index (χ2v) is 5.47. The first-order chi connectivity index (χ1) is 11.9. The summed E-state index contributed by atoms with van der Waals surface area (Å²) in [6.07, 6.45) is 0.601. The Bertz CT molecular complexity index is 949. The zero-order valence-electron chi connectivity index (χ0n) is 13.3. The van der Waals surface area contributed by atoms with Gasteiger partial charge in [0.1, 0.15) is 5.75 Å². The van der Waals surface area contributed by atoms with Crippen molar-refractivity contribution in [1.29, 1.82) is 0 Å². The fraction of sp³-hybridized carbons (Fsp3) is 0.105. The minimum Gasteiger partial charge on any atom is -0.497 e. The number of anilines is 1. The van der Waals surface area contributed by atoms with E-state index < -0.39 is 11.7 Å². The molecule has 0 unspecified atom stereocenters. The van der Waals surface area contributed by atoms with Crippen LogP contribution in [0.5, 0.6) is 5.75 Å². The van der Waals surface area contributed by atoms with Crippen LogP contribution in [0.3, 0.4) is 0 Å². The lowest BCUT2D eigenvalue weighted by Gasteiger charge is -2.08. The number of hydrogen-bond acceptors (Lipinski definition) is 3. The first kappa shape index (κ1) is 16.8. The van der Waals surface area contributed by atoms with Crippen LogP contribution in [0, 0.1) is 0 Å². The minimum absolute atomic E-state index is 0.454. The molecule has 0 atom stereocenters. The molecule has 0 bridgehead atoms. The van der Waals surface area contributed by atoms with E-state index in [4.69, 9.17) is 10.5 Å². The molecule has 0 spiro atoms. The van der Waals surface area contributed by atoms with E-state index in [-0.39, 0.29) is 0 Å². The van der Waals surface area contributed by atoms with Crippen LogP contribution in [0.4, 0.5) is 18.9 Å². The van der Waals surface area contributed by atoms with E-state index in [9.17, 15) is 13.2 Å². The molecule has 3 aromatic rings. The van der Waals surface area contributed by atoms with Crippen molar-refractivity contribution in [3.05, 3.63) is 65.4 Å². The van der Waals surface area contributed by atoms with Crippen LogP contribution in [0.2, 0.25) is 0 Å². The van der Waals surface area contributed by atoms with E-state index in [1.807, 2.05) is 0 Å². The van der Waals surface area contributed by atoms with Gasteiger partial charge in [0, 0.05) is 17.6 Å². The summed E-state index contributed by atoms with van der Waals surface area (Å²) in [7, 11) is 1.54. The molecule has 6 heteroatoms. The number of fused-ring (bicyclic) bond motifs is 1. The minimum atomic E-state index is -4.37. The SMILES string of the molecule is COc1cc(N)c2nccc(/C=C/c3cccc(C(F)(F)F)c3)c2c1. The second kappa shape index (κ2) is 6.47. The smallest absolute Gasteiger partial charge is 0.416 e. The van der Waals surface area contributed by atoms with Gasteiger partial charge in [0.05, 0.1) is 23.9 Å². The highest BCUT2D eigenvalue weighted by molar-refractivity contribution is 5.97. The normalized spacial score (nSPS) is 12.0. The van der Waals surface area contributed by atoms with E-state index in [1.54, 1.807) is 42.6 Å². The number of nitrogens with zero attached hydrogens (tertiary/aromatic N) is 1. The number of benzene rings is 2. The number of methoxy groups -OCH3 is 1. The van der Waals surface area contributed by atoms with Gasteiger partial charge in [0.25, 0.3) is 0 Å². The summed E-state index contributed by atoms with van der Waals surface area (Å²) < 4.78 is 43.6. The Morgan fingerprint density at radius 2 is 1.88 bits per heavy atom. The lowest BCUT2D eigenvalue weighted by Crippen LogP contribution is -2.04. The molecule has 25 heavy (non-hydrogen) atoms. The van der Waals surface area contributed by atoms with Crippen LogP contribution in [0.15, 0.2) is 48.7 Å². The molecule has 0 amide bonds. The molecule has 2 aromatic carbocycles. The van der Waals surface area contributed by atoms with Gasteiger partial charge >= 0.3 is 6.18 Å². The van der Waals surface area contributed by atoms with E-state index in [0.717, 1.165) is 23.1 Å². The van der Waals surface area contributed by atoms with Crippen molar-refractivity contribution < 1.29 is 17.9 Å². The van der Waals surface area contributed by atoms with Gasteiger partial charge in [0.15, 0.2) is 0 Å². The Kier molecular flexibility index (Phi) is 4.35. The first-order valence-electron chi connectivity index (χ1n) is 7.46. The predicted octanol–water partition coefficient (Wildman–Crippen LogP) is 5.01. The molecule has 3 rings (SSSR count). The summed E-state index contributed by atoms with van der Waals surface area (Å²) in [5.41, 5.74) is 7.64. The molecular formula is C19H15F3N2O. The van der Waals surface area contributed by atoms with Gasteiger partial charge in [-0.3, -0.25) is 4.98 Å². The number of ether oxygens (including phenoxy) is 1. The maximum Gasteiger partial charge on any atom is 0.416 e. The van der Waals surface area contributed by atoms with E-state index in [2.05, 4.69) is 4.98 Å². The van der Waals surface area contributed by atoms with Gasteiger partial charge in [-0.25, -0.2) is 0 Å². The standard InChI is InChI=1S/C19H15F3N2O/c1-25-15-10-16-13(7-8-24-18(16)17(23)11-15)6-5-12-3-2-4-14(9-12)19(20,21)22/h2-11H,23H2,1H3/b6-5+. The summed E-state index contributed by atoms with van der Waals surface area (Å²) in [4.78, 5) is 4.26. The average Bonchev–Trinajstić information content (AvgIpc) is 2.59.